The number of carbonyl (C=O) groups is 4. The third kappa shape index (κ3) is 8.41. The van der Waals surface area contributed by atoms with E-state index in [1.807, 2.05) is 6.26 Å². The zero-order valence-corrected chi connectivity index (χ0v) is 18.2. The van der Waals surface area contributed by atoms with Crippen molar-refractivity contribution in [2.45, 2.75) is 56.5 Å². The Bertz CT molecular complexity index is 586. The number of thiol groups is 1. The van der Waals surface area contributed by atoms with Crippen molar-refractivity contribution in [3.8, 4) is 0 Å². The first-order valence-electron chi connectivity index (χ1n) is 9.36. The third-order valence-electron chi connectivity index (χ3n) is 4.48. The van der Waals surface area contributed by atoms with Gasteiger partial charge in [0.1, 0.15) is 12.1 Å². The van der Waals surface area contributed by atoms with Gasteiger partial charge in [0.05, 0.1) is 12.1 Å². The number of amides is 3. The molecule has 0 spiro atoms. The lowest BCUT2D eigenvalue weighted by Gasteiger charge is -2.25. The molecule has 1 aliphatic heterocycles. The molecule has 0 radical (unpaired) electrons. The second-order valence-electron chi connectivity index (χ2n) is 6.80. The molecule has 0 bridgehead atoms. The molecular weight excluding hydrogens is 420 g/mol. The highest BCUT2D eigenvalue weighted by molar-refractivity contribution is 7.98. The number of aliphatic hydroxyl groups excluding tert-OH is 1. The third-order valence-corrected chi connectivity index (χ3v) is 5.49. The van der Waals surface area contributed by atoms with E-state index in [1.165, 1.54) is 18.7 Å². The maximum atomic E-state index is 12.6. The second kappa shape index (κ2) is 12.9. The highest BCUT2D eigenvalue weighted by Gasteiger charge is 2.32. The summed E-state index contributed by atoms with van der Waals surface area (Å²) in [5, 5.41) is 29.1. The van der Waals surface area contributed by atoms with Gasteiger partial charge in [-0.25, -0.2) is 4.79 Å². The first-order valence-corrected chi connectivity index (χ1v) is 11.4. The Morgan fingerprint density at radius 3 is 2.31 bits per heavy atom. The van der Waals surface area contributed by atoms with Crippen LogP contribution in [0.25, 0.3) is 0 Å². The monoisotopic (exact) mass is 450 g/mol. The van der Waals surface area contributed by atoms with E-state index in [0.717, 1.165) is 13.0 Å². The molecule has 29 heavy (non-hydrogen) atoms. The molecule has 5 unspecified atom stereocenters. The molecule has 0 aliphatic carbocycles. The number of carboxylic acid groups (broad SMARTS) is 1. The minimum atomic E-state index is -1.50. The Balaban J connectivity index is 2.77. The zero-order chi connectivity index (χ0) is 22.0. The van der Waals surface area contributed by atoms with Crippen LogP contribution in [-0.4, -0.2) is 88.5 Å². The average molecular weight is 451 g/mol. The van der Waals surface area contributed by atoms with E-state index >= 15 is 0 Å². The summed E-state index contributed by atoms with van der Waals surface area (Å²) in [5.74, 6) is -2.42. The van der Waals surface area contributed by atoms with Crippen LogP contribution in [0.1, 0.15) is 26.2 Å². The minimum Gasteiger partial charge on any atom is -0.480 e. The largest absolute Gasteiger partial charge is 0.480 e. The molecule has 0 aromatic rings. The summed E-state index contributed by atoms with van der Waals surface area (Å²) in [6.45, 7) is 1.98. The van der Waals surface area contributed by atoms with Crippen LogP contribution in [0.4, 0.5) is 0 Å². The van der Waals surface area contributed by atoms with Gasteiger partial charge >= 0.3 is 5.97 Å². The van der Waals surface area contributed by atoms with Gasteiger partial charge in [-0.15, -0.1) is 0 Å². The SMILES string of the molecule is CSCCC(NC(=O)C(CS)NC(=O)C1CCCN1)C(=O)NC(C(=O)O)C(C)O. The van der Waals surface area contributed by atoms with Crippen LogP contribution >= 0.6 is 24.4 Å². The molecule has 1 fully saturated rings. The van der Waals surface area contributed by atoms with Crippen molar-refractivity contribution in [3.05, 3.63) is 0 Å². The van der Waals surface area contributed by atoms with Gasteiger partial charge in [-0.2, -0.15) is 24.4 Å². The molecule has 0 aromatic heterocycles. The predicted octanol–water partition coefficient (Wildman–Crippen LogP) is -1.66. The van der Waals surface area contributed by atoms with Crippen LogP contribution in [0.2, 0.25) is 0 Å². The van der Waals surface area contributed by atoms with Crippen molar-refractivity contribution in [3.63, 3.8) is 0 Å². The molecule has 1 rings (SSSR count). The molecule has 6 N–H and O–H groups in total. The summed E-state index contributed by atoms with van der Waals surface area (Å²) in [6.07, 6.45) is 2.33. The van der Waals surface area contributed by atoms with Crippen LogP contribution < -0.4 is 21.3 Å². The normalized spacial score (nSPS) is 20.2. The first kappa shape index (κ1) is 25.5. The highest BCUT2D eigenvalue weighted by Crippen LogP contribution is 2.07. The summed E-state index contributed by atoms with van der Waals surface area (Å²) in [5.41, 5.74) is 0. The molecule has 0 aromatic carbocycles. The van der Waals surface area contributed by atoms with Gasteiger partial charge in [-0.05, 0) is 44.7 Å². The molecule has 10 nitrogen and oxygen atoms in total. The topological polar surface area (TPSA) is 157 Å². The number of hydrogen-bond acceptors (Lipinski definition) is 8. The van der Waals surface area contributed by atoms with E-state index in [4.69, 9.17) is 5.11 Å². The number of thioether (sulfide) groups is 1. The molecular formula is C17H30N4O6S2. The lowest BCUT2D eigenvalue weighted by molar-refractivity contribution is -0.145. The van der Waals surface area contributed by atoms with Crippen LogP contribution in [0.15, 0.2) is 0 Å². The average Bonchev–Trinajstić information content (AvgIpc) is 3.21. The summed E-state index contributed by atoms with van der Waals surface area (Å²) >= 11 is 5.57. The Hall–Kier alpha value is -1.50. The maximum Gasteiger partial charge on any atom is 0.328 e. The fourth-order valence-corrected chi connectivity index (χ4v) is 3.52. The molecule has 5 atom stereocenters. The molecule has 166 valence electrons. The van der Waals surface area contributed by atoms with Crippen molar-refractivity contribution < 1.29 is 29.4 Å². The lowest BCUT2D eigenvalue weighted by Crippen LogP contribution is -2.58. The summed E-state index contributed by atoms with van der Waals surface area (Å²) in [7, 11) is 0. The van der Waals surface area contributed by atoms with Crippen molar-refractivity contribution in [1.29, 1.82) is 0 Å². The van der Waals surface area contributed by atoms with E-state index in [2.05, 4.69) is 33.9 Å². The van der Waals surface area contributed by atoms with Crippen molar-refractivity contribution in [2.24, 2.45) is 0 Å². The standard InChI is InChI=1S/C17H30N4O6S2/c1-9(22)13(17(26)27)21-15(24)11(5-7-29-2)19-16(25)12(8-28)20-14(23)10-4-3-6-18-10/h9-13,18,22,28H,3-8H2,1-2H3,(H,19,25)(H,20,23)(H,21,24)(H,26,27). The highest BCUT2D eigenvalue weighted by atomic mass is 32.2. The van der Waals surface area contributed by atoms with Gasteiger partial charge in [0.25, 0.3) is 0 Å². The quantitative estimate of drug-likeness (QED) is 0.174. The van der Waals surface area contributed by atoms with Crippen molar-refractivity contribution >= 4 is 48.1 Å². The van der Waals surface area contributed by atoms with Gasteiger partial charge in [-0.3, -0.25) is 14.4 Å². The number of aliphatic hydroxyl groups is 1. The van der Waals surface area contributed by atoms with Crippen molar-refractivity contribution in [2.75, 3.05) is 24.3 Å². The van der Waals surface area contributed by atoms with Gasteiger partial charge in [-0.1, -0.05) is 0 Å². The lowest BCUT2D eigenvalue weighted by atomic mass is 10.1. The Morgan fingerprint density at radius 1 is 1.17 bits per heavy atom. The van der Waals surface area contributed by atoms with Crippen molar-refractivity contribution in [1.82, 2.24) is 21.3 Å². The number of carboxylic acids is 1. The van der Waals surface area contributed by atoms with Gasteiger partial charge in [0.15, 0.2) is 6.04 Å². The van der Waals surface area contributed by atoms with Gasteiger partial charge in [0, 0.05) is 5.75 Å². The number of rotatable bonds is 12. The van der Waals surface area contributed by atoms with E-state index in [9.17, 15) is 24.3 Å². The van der Waals surface area contributed by atoms with Gasteiger partial charge < -0.3 is 31.5 Å². The summed E-state index contributed by atoms with van der Waals surface area (Å²) in [6, 6.07) is -3.81. The fraction of sp³-hybridized carbons (Fsp3) is 0.765. The Kier molecular flexibility index (Phi) is 11.4. The second-order valence-corrected chi connectivity index (χ2v) is 8.15. The van der Waals surface area contributed by atoms with Gasteiger partial charge in [0.2, 0.25) is 17.7 Å². The maximum absolute atomic E-state index is 12.6. The predicted molar refractivity (Wildman–Crippen MR) is 113 cm³/mol. The summed E-state index contributed by atoms with van der Waals surface area (Å²) < 4.78 is 0. The van der Waals surface area contributed by atoms with Crippen LogP contribution in [0, 0.1) is 0 Å². The van der Waals surface area contributed by atoms with E-state index < -0.39 is 42.0 Å². The molecule has 1 heterocycles. The Labute approximate surface area is 179 Å². The minimum absolute atomic E-state index is 0.0343. The molecule has 0 saturated carbocycles. The number of carbonyl (C=O) groups excluding carboxylic acids is 3. The molecule has 1 saturated heterocycles. The molecule has 3 amide bonds. The number of hydrogen-bond donors (Lipinski definition) is 7. The smallest absolute Gasteiger partial charge is 0.328 e. The molecule has 12 heteroatoms. The first-order chi connectivity index (χ1) is 13.7. The zero-order valence-electron chi connectivity index (χ0n) is 16.5. The molecule has 1 aliphatic rings. The number of aliphatic carboxylic acids is 1. The summed E-state index contributed by atoms with van der Waals surface area (Å²) in [4.78, 5) is 48.6. The van der Waals surface area contributed by atoms with E-state index in [0.29, 0.717) is 12.2 Å². The Morgan fingerprint density at radius 2 is 1.83 bits per heavy atom. The van der Waals surface area contributed by atoms with E-state index in [1.54, 1.807) is 0 Å². The fourth-order valence-electron chi connectivity index (χ4n) is 2.79. The van der Waals surface area contributed by atoms with Crippen LogP contribution in [0.5, 0.6) is 0 Å². The van der Waals surface area contributed by atoms with E-state index in [-0.39, 0.29) is 24.1 Å². The van der Waals surface area contributed by atoms with Crippen LogP contribution in [-0.2, 0) is 19.2 Å². The van der Waals surface area contributed by atoms with Crippen LogP contribution in [0.3, 0.4) is 0 Å². The number of nitrogens with one attached hydrogen (secondary N) is 4.